The summed E-state index contributed by atoms with van der Waals surface area (Å²) in [7, 11) is 0. The van der Waals surface area contributed by atoms with Gasteiger partial charge in [0.25, 0.3) is 5.95 Å². The maximum Gasteiger partial charge on any atom is 0.255 e. The first-order valence-corrected chi connectivity index (χ1v) is 6.63. The molecule has 0 atom stereocenters. The lowest BCUT2D eigenvalue weighted by Crippen LogP contribution is -2.11. The Morgan fingerprint density at radius 1 is 1.14 bits per heavy atom. The Hall–Kier alpha value is -2.90. The Morgan fingerprint density at radius 3 is 2.81 bits per heavy atom. The van der Waals surface area contributed by atoms with E-state index in [-0.39, 0.29) is 0 Å². The van der Waals surface area contributed by atoms with Gasteiger partial charge in [-0.05, 0) is 12.5 Å². The van der Waals surface area contributed by atoms with Crippen LogP contribution in [0.3, 0.4) is 0 Å². The largest absolute Gasteiger partial charge is 0.354 e. The fraction of sp³-hybridized carbons (Fsp3) is 0.231. The maximum absolute atomic E-state index is 4.39. The molecule has 0 saturated carbocycles. The highest BCUT2D eigenvalue weighted by Gasteiger charge is 2.11. The van der Waals surface area contributed by atoms with Crippen molar-refractivity contribution in [3.8, 4) is 17.5 Å². The van der Waals surface area contributed by atoms with Crippen LogP contribution in [-0.2, 0) is 0 Å². The standard InChI is InChI=1S/C13H14N8/c1-2-4-16-12-18-11(10-9-14-6-7-15-10)19-13(20-12)21-8-3-5-17-21/h3,5-9H,2,4H2,1H3,(H,16,18,19,20). The van der Waals surface area contributed by atoms with Crippen LogP contribution in [0, 0.1) is 0 Å². The van der Waals surface area contributed by atoms with Gasteiger partial charge < -0.3 is 5.32 Å². The van der Waals surface area contributed by atoms with Gasteiger partial charge in [0.2, 0.25) is 5.95 Å². The molecule has 3 heterocycles. The van der Waals surface area contributed by atoms with Crippen molar-refractivity contribution in [3.05, 3.63) is 37.1 Å². The van der Waals surface area contributed by atoms with Crippen LogP contribution in [-0.4, -0.2) is 41.2 Å². The molecule has 3 aromatic heterocycles. The van der Waals surface area contributed by atoms with Crippen molar-refractivity contribution in [2.75, 3.05) is 11.9 Å². The van der Waals surface area contributed by atoms with Gasteiger partial charge in [0, 0.05) is 31.3 Å². The number of rotatable bonds is 5. The average molecular weight is 282 g/mol. The summed E-state index contributed by atoms with van der Waals surface area (Å²) in [5.41, 5.74) is 0.591. The topological polar surface area (TPSA) is 94.3 Å². The molecule has 0 fully saturated rings. The molecular weight excluding hydrogens is 268 g/mol. The van der Waals surface area contributed by atoms with Crippen molar-refractivity contribution >= 4 is 5.95 Å². The molecular formula is C13H14N8. The zero-order valence-corrected chi connectivity index (χ0v) is 11.5. The SMILES string of the molecule is CCCNc1nc(-c2cnccn2)nc(-n2cccn2)n1. The van der Waals surface area contributed by atoms with Gasteiger partial charge >= 0.3 is 0 Å². The summed E-state index contributed by atoms with van der Waals surface area (Å²) in [6, 6.07) is 1.81. The van der Waals surface area contributed by atoms with Crippen molar-refractivity contribution in [3.63, 3.8) is 0 Å². The van der Waals surface area contributed by atoms with Gasteiger partial charge in [-0.3, -0.25) is 4.98 Å². The molecule has 0 aliphatic heterocycles. The molecule has 0 unspecified atom stereocenters. The minimum Gasteiger partial charge on any atom is -0.354 e. The minimum absolute atomic E-state index is 0.439. The fourth-order valence-electron chi connectivity index (χ4n) is 1.70. The fourth-order valence-corrected chi connectivity index (χ4v) is 1.70. The minimum atomic E-state index is 0.439. The second-order valence-electron chi connectivity index (χ2n) is 4.25. The monoisotopic (exact) mass is 282 g/mol. The van der Waals surface area contributed by atoms with Crippen LogP contribution in [0.4, 0.5) is 5.95 Å². The Labute approximate surface area is 121 Å². The van der Waals surface area contributed by atoms with E-state index in [0.29, 0.717) is 23.4 Å². The number of nitrogens with one attached hydrogen (secondary N) is 1. The molecule has 0 aromatic carbocycles. The van der Waals surface area contributed by atoms with Crippen LogP contribution >= 0.6 is 0 Å². The smallest absolute Gasteiger partial charge is 0.255 e. The molecule has 106 valence electrons. The molecule has 3 aromatic rings. The van der Waals surface area contributed by atoms with Crippen molar-refractivity contribution in [2.45, 2.75) is 13.3 Å². The zero-order chi connectivity index (χ0) is 14.5. The van der Waals surface area contributed by atoms with E-state index in [1.54, 1.807) is 35.7 Å². The zero-order valence-electron chi connectivity index (χ0n) is 11.5. The van der Waals surface area contributed by atoms with Gasteiger partial charge in [0.1, 0.15) is 5.69 Å². The van der Waals surface area contributed by atoms with Crippen LogP contribution < -0.4 is 5.32 Å². The highest BCUT2D eigenvalue weighted by atomic mass is 15.4. The van der Waals surface area contributed by atoms with E-state index in [4.69, 9.17) is 0 Å². The molecule has 0 aliphatic rings. The van der Waals surface area contributed by atoms with Crippen LogP contribution in [0.5, 0.6) is 0 Å². The first-order chi connectivity index (χ1) is 10.4. The second kappa shape index (κ2) is 6.04. The Kier molecular flexibility index (Phi) is 3.77. The molecule has 8 nitrogen and oxygen atoms in total. The van der Waals surface area contributed by atoms with E-state index < -0.39 is 0 Å². The van der Waals surface area contributed by atoms with E-state index in [1.807, 2.05) is 6.07 Å². The summed E-state index contributed by atoms with van der Waals surface area (Å²) >= 11 is 0. The van der Waals surface area contributed by atoms with Crippen LogP contribution in [0.15, 0.2) is 37.1 Å². The molecule has 1 N–H and O–H groups in total. The predicted octanol–water partition coefficient (Wildman–Crippen LogP) is 1.34. The molecule has 0 radical (unpaired) electrons. The number of aromatic nitrogens is 7. The third kappa shape index (κ3) is 2.99. The quantitative estimate of drug-likeness (QED) is 0.754. The Balaban J connectivity index is 2.05. The van der Waals surface area contributed by atoms with Crippen LogP contribution in [0.25, 0.3) is 17.5 Å². The summed E-state index contributed by atoms with van der Waals surface area (Å²) in [5.74, 6) is 1.40. The highest BCUT2D eigenvalue weighted by molar-refractivity contribution is 5.50. The number of anilines is 1. The predicted molar refractivity (Wildman–Crippen MR) is 76.8 cm³/mol. The summed E-state index contributed by atoms with van der Waals surface area (Å²) < 4.78 is 1.58. The van der Waals surface area contributed by atoms with Crippen LogP contribution in [0.2, 0.25) is 0 Å². The second-order valence-corrected chi connectivity index (χ2v) is 4.25. The van der Waals surface area contributed by atoms with Gasteiger partial charge in [0.05, 0.1) is 6.20 Å². The van der Waals surface area contributed by atoms with E-state index in [2.05, 4.69) is 42.3 Å². The van der Waals surface area contributed by atoms with Crippen LogP contribution in [0.1, 0.15) is 13.3 Å². The Bertz CT molecular complexity index is 695. The number of hydrogen-bond acceptors (Lipinski definition) is 7. The third-order valence-corrected chi connectivity index (χ3v) is 2.66. The van der Waals surface area contributed by atoms with Gasteiger partial charge in [-0.2, -0.15) is 20.1 Å². The lowest BCUT2D eigenvalue weighted by Gasteiger charge is -2.07. The van der Waals surface area contributed by atoms with Gasteiger partial charge in [-0.15, -0.1) is 0 Å². The van der Waals surface area contributed by atoms with Crippen molar-refractivity contribution < 1.29 is 0 Å². The van der Waals surface area contributed by atoms with E-state index in [1.165, 1.54) is 0 Å². The summed E-state index contributed by atoms with van der Waals surface area (Å²) in [4.78, 5) is 21.4. The first kappa shape index (κ1) is 13.1. The molecule has 8 heteroatoms. The summed E-state index contributed by atoms with van der Waals surface area (Å²) in [6.45, 7) is 2.86. The van der Waals surface area contributed by atoms with Crippen molar-refractivity contribution in [1.82, 2.24) is 34.7 Å². The van der Waals surface area contributed by atoms with E-state index in [0.717, 1.165) is 13.0 Å². The van der Waals surface area contributed by atoms with Gasteiger partial charge in [-0.25, -0.2) is 9.67 Å². The van der Waals surface area contributed by atoms with Gasteiger partial charge in [-0.1, -0.05) is 6.92 Å². The van der Waals surface area contributed by atoms with E-state index >= 15 is 0 Å². The van der Waals surface area contributed by atoms with Gasteiger partial charge in [0.15, 0.2) is 5.82 Å². The van der Waals surface area contributed by atoms with E-state index in [9.17, 15) is 0 Å². The van der Waals surface area contributed by atoms with Crippen molar-refractivity contribution in [2.24, 2.45) is 0 Å². The molecule has 0 amide bonds. The average Bonchev–Trinajstić information content (AvgIpc) is 3.08. The number of nitrogens with zero attached hydrogens (tertiary/aromatic N) is 7. The lowest BCUT2D eigenvalue weighted by atomic mass is 10.4. The lowest BCUT2D eigenvalue weighted by molar-refractivity contribution is 0.794. The molecule has 0 spiro atoms. The Morgan fingerprint density at radius 2 is 2.10 bits per heavy atom. The summed E-state index contributed by atoms with van der Waals surface area (Å²) in [5, 5.41) is 7.30. The summed E-state index contributed by atoms with van der Waals surface area (Å²) in [6.07, 6.45) is 9.25. The number of hydrogen-bond donors (Lipinski definition) is 1. The molecule has 21 heavy (non-hydrogen) atoms. The molecule has 3 rings (SSSR count). The molecule has 0 bridgehead atoms. The van der Waals surface area contributed by atoms with Crippen molar-refractivity contribution in [1.29, 1.82) is 0 Å². The normalized spacial score (nSPS) is 10.5. The first-order valence-electron chi connectivity index (χ1n) is 6.63. The molecule has 0 saturated heterocycles. The molecule has 0 aliphatic carbocycles. The maximum atomic E-state index is 4.39. The third-order valence-electron chi connectivity index (χ3n) is 2.66. The highest BCUT2D eigenvalue weighted by Crippen LogP contribution is 2.14.